The molecule has 3 aromatic rings. The normalized spacial score (nSPS) is 16.5. The second-order valence-corrected chi connectivity index (χ2v) is 12.4. The summed E-state index contributed by atoms with van der Waals surface area (Å²) in [5.41, 5.74) is 5.42. The highest BCUT2D eigenvalue weighted by Crippen LogP contribution is 2.34. The molecule has 0 bridgehead atoms. The first kappa shape index (κ1) is 29.5. The summed E-state index contributed by atoms with van der Waals surface area (Å²) in [4.78, 5) is 32.8. The molecule has 2 fully saturated rings. The van der Waals surface area contributed by atoms with E-state index in [2.05, 4.69) is 43.0 Å². The van der Waals surface area contributed by atoms with Crippen molar-refractivity contribution in [1.82, 2.24) is 19.6 Å². The van der Waals surface area contributed by atoms with Gasteiger partial charge in [-0.3, -0.25) is 4.79 Å². The van der Waals surface area contributed by atoms with E-state index in [0.717, 1.165) is 54.3 Å². The van der Waals surface area contributed by atoms with Gasteiger partial charge in [0.1, 0.15) is 11.4 Å². The van der Waals surface area contributed by atoms with Crippen molar-refractivity contribution < 1.29 is 19.1 Å². The lowest BCUT2D eigenvalue weighted by atomic mass is 9.90. The molecule has 0 spiro atoms. The number of aryl methyl sites for hydroxylation is 2. The van der Waals surface area contributed by atoms with Crippen molar-refractivity contribution in [3.05, 3.63) is 71.0 Å². The van der Waals surface area contributed by atoms with Gasteiger partial charge in [-0.05, 0) is 71.2 Å². The fourth-order valence-electron chi connectivity index (χ4n) is 5.96. The third-order valence-corrected chi connectivity index (χ3v) is 8.14. The highest BCUT2D eigenvalue weighted by molar-refractivity contribution is 5.95. The van der Waals surface area contributed by atoms with Gasteiger partial charge < -0.3 is 24.2 Å². The van der Waals surface area contributed by atoms with Crippen LogP contribution in [0.2, 0.25) is 0 Å². The smallest absolute Gasteiger partial charge is 0.410 e. The van der Waals surface area contributed by atoms with E-state index in [1.54, 1.807) is 18.2 Å². The van der Waals surface area contributed by atoms with E-state index >= 15 is 0 Å². The van der Waals surface area contributed by atoms with Crippen LogP contribution in [0.1, 0.15) is 66.7 Å². The molecular weight excluding hydrogens is 530 g/mol. The third kappa shape index (κ3) is 6.40. The minimum Gasteiger partial charge on any atom is -0.497 e. The molecule has 9 heteroatoms. The van der Waals surface area contributed by atoms with E-state index in [9.17, 15) is 9.59 Å². The molecule has 2 amide bonds. The molecule has 42 heavy (non-hydrogen) atoms. The Morgan fingerprint density at radius 1 is 0.905 bits per heavy atom. The van der Waals surface area contributed by atoms with E-state index in [1.165, 1.54) is 5.56 Å². The zero-order valence-corrected chi connectivity index (χ0v) is 25.7. The fourth-order valence-corrected chi connectivity index (χ4v) is 5.96. The molecule has 0 unspecified atom stereocenters. The summed E-state index contributed by atoms with van der Waals surface area (Å²) in [6.45, 7) is 13.7. The molecule has 0 saturated carbocycles. The number of methoxy groups -OCH3 is 1. The molecule has 0 radical (unpaired) electrons. The van der Waals surface area contributed by atoms with E-state index in [0.29, 0.717) is 31.7 Å². The lowest BCUT2D eigenvalue weighted by Crippen LogP contribution is -2.49. The average Bonchev–Trinajstić information content (AvgIpc) is 3.41. The van der Waals surface area contributed by atoms with Crippen LogP contribution in [0.25, 0.3) is 5.69 Å². The lowest BCUT2D eigenvalue weighted by Gasteiger charge is -2.37. The summed E-state index contributed by atoms with van der Waals surface area (Å²) < 4.78 is 13.0. The highest BCUT2D eigenvalue weighted by Gasteiger charge is 2.34. The van der Waals surface area contributed by atoms with Crippen LogP contribution < -0.4 is 9.64 Å². The van der Waals surface area contributed by atoms with E-state index in [1.807, 2.05) is 48.6 Å². The van der Waals surface area contributed by atoms with Crippen LogP contribution in [-0.4, -0.2) is 83.6 Å². The molecule has 9 nitrogen and oxygen atoms in total. The number of hydrogen-bond acceptors (Lipinski definition) is 6. The Kier molecular flexibility index (Phi) is 8.48. The van der Waals surface area contributed by atoms with Gasteiger partial charge in [-0.2, -0.15) is 5.10 Å². The van der Waals surface area contributed by atoms with E-state index in [-0.39, 0.29) is 17.9 Å². The molecule has 2 saturated heterocycles. The van der Waals surface area contributed by atoms with Gasteiger partial charge in [-0.25, -0.2) is 9.48 Å². The van der Waals surface area contributed by atoms with Crippen molar-refractivity contribution in [3.8, 4) is 11.4 Å². The summed E-state index contributed by atoms with van der Waals surface area (Å²) in [6.07, 6.45) is 2.93. The molecule has 2 aromatic carbocycles. The number of likely N-dealkylation sites (tertiary alicyclic amines) is 1. The molecule has 2 aliphatic rings. The van der Waals surface area contributed by atoms with Gasteiger partial charge in [0.15, 0.2) is 0 Å². The quantitative estimate of drug-likeness (QED) is 0.397. The maximum absolute atomic E-state index is 14.1. The Hall–Kier alpha value is -4.01. The summed E-state index contributed by atoms with van der Waals surface area (Å²) in [5.74, 6) is 0.928. The minimum atomic E-state index is -0.536. The second-order valence-electron chi connectivity index (χ2n) is 12.4. The number of piperazine rings is 1. The number of piperidine rings is 1. The number of ether oxygens (including phenoxy) is 2. The summed E-state index contributed by atoms with van der Waals surface area (Å²) in [7, 11) is 1.67. The summed E-state index contributed by atoms with van der Waals surface area (Å²) in [6, 6.07) is 14.4. The summed E-state index contributed by atoms with van der Waals surface area (Å²) in [5, 5.41) is 4.79. The van der Waals surface area contributed by atoms with Gasteiger partial charge in [0, 0.05) is 56.9 Å². The maximum Gasteiger partial charge on any atom is 0.410 e. The van der Waals surface area contributed by atoms with E-state index < -0.39 is 5.60 Å². The van der Waals surface area contributed by atoms with Crippen LogP contribution in [0.4, 0.5) is 10.5 Å². The summed E-state index contributed by atoms with van der Waals surface area (Å²) >= 11 is 0. The highest BCUT2D eigenvalue weighted by atomic mass is 16.6. The largest absolute Gasteiger partial charge is 0.497 e. The number of amides is 2. The topological polar surface area (TPSA) is 80.1 Å². The average molecular weight is 574 g/mol. The van der Waals surface area contributed by atoms with Crippen LogP contribution in [0.3, 0.4) is 0 Å². The third-order valence-electron chi connectivity index (χ3n) is 8.14. The fraction of sp³-hybridized carbons (Fsp3) is 0.485. The molecule has 224 valence electrons. The Bertz CT molecular complexity index is 1430. The number of carbonyl (C=O) groups excluding carboxylic acids is 2. The van der Waals surface area contributed by atoms with E-state index in [4.69, 9.17) is 14.6 Å². The van der Waals surface area contributed by atoms with Gasteiger partial charge in [0.2, 0.25) is 0 Å². The zero-order chi connectivity index (χ0) is 30.0. The van der Waals surface area contributed by atoms with Crippen LogP contribution >= 0.6 is 0 Å². The first-order chi connectivity index (χ1) is 20.0. The standard InChI is InChI=1S/C33H43N5O4/c1-23-10-11-29(24(2)20-23)38-30(25-12-14-37(15-13-25)32(40)42-33(3,4)5)28(22-34-38)31(39)36-18-16-35(17-19-36)26-8-7-9-27(21-26)41-6/h7-11,20-22,25H,12-19H2,1-6H3. The van der Waals surface area contributed by atoms with Crippen molar-refractivity contribution in [1.29, 1.82) is 0 Å². The number of nitrogens with zero attached hydrogens (tertiary/aromatic N) is 5. The number of benzene rings is 2. The first-order valence-electron chi connectivity index (χ1n) is 14.9. The predicted molar refractivity (Wildman–Crippen MR) is 164 cm³/mol. The molecule has 1 aromatic heterocycles. The van der Waals surface area contributed by atoms with Crippen molar-refractivity contribution >= 4 is 17.7 Å². The van der Waals surface area contributed by atoms with Gasteiger partial charge in [0.25, 0.3) is 5.91 Å². The Morgan fingerprint density at radius 2 is 1.62 bits per heavy atom. The van der Waals surface area contributed by atoms with Crippen molar-refractivity contribution in [3.63, 3.8) is 0 Å². The number of aromatic nitrogens is 2. The molecule has 5 rings (SSSR count). The predicted octanol–water partition coefficient (Wildman–Crippen LogP) is 5.57. The Labute approximate surface area is 249 Å². The van der Waals surface area contributed by atoms with Crippen LogP contribution in [0.5, 0.6) is 5.75 Å². The zero-order valence-electron chi connectivity index (χ0n) is 25.7. The monoisotopic (exact) mass is 573 g/mol. The Balaban J connectivity index is 1.38. The Morgan fingerprint density at radius 3 is 2.26 bits per heavy atom. The van der Waals surface area contributed by atoms with Crippen molar-refractivity contribution in [2.24, 2.45) is 0 Å². The van der Waals surface area contributed by atoms with Crippen LogP contribution in [-0.2, 0) is 4.74 Å². The SMILES string of the molecule is COc1cccc(N2CCN(C(=O)c3cnn(-c4ccc(C)cc4C)c3C3CCN(C(=O)OC(C)(C)C)CC3)CC2)c1. The minimum absolute atomic E-state index is 0.0147. The molecule has 0 atom stereocenters. The lowest BCUT2D eigenvalue weighted by molar-refractivity contribution is 0.0203. The molecule has 2 aliphatic heterocycles. The van der Waals surface area contributed by atoms with Gasteiger partial charge in [-0.1, -0.05) is 23.8 Å². The maximum atomic E-state index is 14.1. The second kappa shape index (κ2) is 12.1. The van der Waals surface area contributed by atoms with Crippen LogP contribution in [0.15, 0.2) is 48.7 Å². The van der Waals surface area contributed by atoms with Gasteiger partial charge in [-0.15, -0.1) is 0 Å². The number of carbonyl (C=O) groups is 2. The molecule has 3 heterocycles. The molecular formula is C33H43N5O4. The van der Waals surface area contributed by atoms with Gasteiger partial charge >= 0.3 is 6.09 Å². The van der Waals surface area contributed by atoms with Crippen LogP contribution in [0, 0.1) is 13.8 Å². The molecule has 0 N–H and O–H groups in total. The number of rotatable bonds is 5. The van der Waals surface area contributed by atoms with Crippen molar-refractivity contribution in [2.75, 3.05) is 51.3 Å². The molecule has 0 aliphatic carbocycles. The number of hydrogen-bond donors (Lipinski definition) is 0. The number of anilines is 1. The van der Waals surface area contributed by atoms with Gasteiger partial charge in [0.05, 0.1) is 30.3 Å². The van der Waals surface area contributed by atoms with Crippen molar-refractivity contribution in [2.45, 2.75) is 59.0 Å². The first-order valence-corrected chi connectivity index (χ1v) is 14.9.